The number of aliphatic carboxylic acids is 7. The first-order chi connectivity index (χ1) is 61.0. The minimum absolute atomic E-state index is 0.00144. The normalized spacial score (nSPS) is 16.0. The molecule has 7 rings (SSSR count). The van der Waals surface area contributed by atoms with Gasteiger partial charge in [0.25, 0.3) is 5.91 Å². The number of anilines is 1. The van der Waals surface area contributed by atoms with Crippen molar-refractivity contribution in [3.8, 4) is 39.6 Å². The Morgan fingerprint density at radius 2 is 0.946 bits per heavy atom. The zero-order chi connectivity index (χ0) is 95.1. The number of aromatic nitrogens is 2. The van der Waals surface area contributed by atoms with Gasteiger partial charge in [-0.2, -0.15) is 5.10 Å². The van der Waals surface area contributed by atoms with Gasteiger partial charge in [0.15, 0.2) is 5.69 Å². The third kappa shape index (κ3) is 33.2. The van der Waals surface area contributed by atoms with E-state index < -0.39 is 226 Å². The molecule has 0 saturated carbocycles. The van der Waals surface area contributed by atoms with Crippen LogP contribution in [-0.2, 0) is 92.9 Å². The molecule has 3 aromatic carbocycles. The van der Waals surface area contributed by atoms with Crippen LogP contribution in [0.25, 0.3) is 28.1 Å². The fourth-order valence-corrected chi connectivity index (χ4v) is 14.7. The van der Waals surface area contributed by atoms with Crippen LogP contribution in [0.15, 0.2) is 54.6 Å². The molecule has 7 atom stereocenters. The standard InChI is InChI=1S/C82H109Cl2N17O28/c1-45(74(85)119)88-76(121)56(12-18-65(105)106)91-78(123)58(14-20-67(109)110)93-80(125)59(15-21-68(111)112)94-79(124)57(13-19-66(107)108)92-77(122)55(90-75(120)46(2)87-64(104)39-96-23-25-97(40-69(113)114)27-29-99(42-71(117)118)30-28-98(26-24-96)41-70(115)116)11-6-7-22-86-62(102)16-17-63(103)89-50-10-8-9-47(33-50)52-37-53-61(38-60(52)127-5)129-43-54-72(81(126)100-31-32-128-44-82(100,3)4)95-101(73(53)54)51-35-48(83)34-49(84)36-51/h8-10,33-38,45-46,55-59H,6-7,11-32,39-44H2,1-5H3,(H2,85,119)(H,86,102)(H,87,104)(H,88,121)(H,89,103)(H,90,120)(H,91,123)(H,92,122)(H,93,125)(H,94,124)(H,105,106)(H,107,108)(H,109,110)(H,111,112)(H,113,114)(H,115,116)(H,117,118)/t45-,46-,55-,56-,57-,58-,59-/m1/s1. The number of nitrogens with two attached hydrogens (primary N) is 1. The van der Waals surface area contributed by atoms with Gasteiger partial charge in [-0.15, -0.1) is 0 Å². The van der Waals surface area contributed by atoms with Gasteiger partial charge in [-0.3, -0.25) is 106 Å². The molecule has 704 valence electrons. The Labute approximate surface area is 749 Å². The number of halogens is 2. The molecule has 0 radical (unpaired) electrons. The number of primary amides is 1. The van der Waals surface area contributed by atoms with Gasteiger partial charge < -0.3 is 108 Å². The van der Waals surface area contributed by atoms with Crippen molar-refractivity contribution in [1.82, 2.24) is 76.8 Å². The largest absolute Gasteiger partial charge is 0.496 e. The van der Waals surface area contributed by atoms with Gasteiger partial charge in [0.2, 0.25) is 59.1 Å². The summed E-state index contributed by atoms with van der Waals surface area (Å²) in [5, 5.41) is 94.9. The fraction of sp³-hybridized carbons (Fsp3) is 0.524. The molecule has 1 aromatic heterocycles. The van der Waals surface area contributed by atoms with Gasteiger partial charge in [0.1, 0.15) is 60.4 Å². The number of hydrogen-bond donors (Lipinski definition) is 17. The molecule has 2 saturated heterocycles. The van der Waals surface area contributed by atoms with Crippen LogP contribution in [0.2, 0.25) is 10.0 Å². The molecule has 0 bridgehead atoms. The van der Waals surface area contributed by atoms with Crippen LogP contribution in [0, 0.1) is 0 Å². The van der Waals surface area contributed by atoms with Gasteiger partial charge in [0, 0.05) is 142 Å². The number of unbranched alkanes of at least 4 members (excludes halogenated alkanes) is 1. The average molecular weight is 1850 g/mol. The summed E-state index contributed by atoms with van der Waals surface area (Å²) >= 11 is 13.1. The van der Waals surface area contributed by atoms with Crippen molar-refractivity contribution < 1.29 is 136 Å². The molecule has 18 N–H and O–H groups in total. The van der Waals surface area contributed by atoms with E-state index in [2.05, 4.69) is 47.9 Å². The van der Waals surface area contributed by atoms with E-state index in [0.717, 1.165) is 0 Å². The van der Waals surface area contributed by atoms with E-state index >= 15 is 0 Å². The highest BCUT2D eigenvalue weighted by atomic mass is 35.5. The van der Waals surface area contributed by atoms with Crippen molar-refractivity contribution in [3.05, 3.63) is 75.9 Å². The van der Waals surface area contributed by atoms with Crippen LogP contribution in [-0.4, -0.2) is 337 Å². The zero-order valence-electron chi connectivity index (χ0n) is 71.6. The third-order valence-electron chi connectivity index (χ3n) is 21.1. The first-order valence-corrected chi connectivity index (χ1v) is 42.1. The van der Waals surface area contributed by atoms with Crippen molar-refractivity contribution >= 4 is 136 Å². The number of nitrogens with one attached hydrogen (secondary N) is 9. The predicted molar refractivity (Wildman–Crippen MR) is 456 cm³/mol. The number of methoxy groups -OCH3 is 1. The monoisotopic (exact) mass is 1850 g/mol. The molecule has 3 aliphatic heterocycles. The van der Waals surface area contributed by atoms with Crippen LogP contribution in [0.1, 0.15) is 127 Å². The van der Waals surface area contributed by atoms with Crippen molar-refractivity contribution in [2.24, 2.45) is 5.73 Å². The minimum atomic E-state index is -2.01. The fourth-order valence-electron chi connectivity index (χ4n) is 14.2. The molecule has 0 unspecified atom stereocenters. The van der Waals surface area contributed by atoms with Gasteiger partial charge in [0.05, 0.1) is 63.4 Å². The second kappa shape index (κ2) is 49.6. The number of ether oxygens (including phenoxy) is 3. The highest BCUT2D eigenvalue weighted by Gasteiger charge is 2.41. The van der Waals surface area contributed by atoms with Gasteiger partial charge in [-0.25, -0.2) is 4.68 Å². The molecule has 45 nitrogen and oxygen atoms in total. The quantitative estimate of drug-likeness (QED) is 0.0248. The van der Waals surface area contributed by atoms with E-state index in [1.807, 2.05) is 13.8 Å². The summed E-state index contributed by atoms with van der Waals surface area (Å²) in [6.45, 7) is 5.40. The van der Waals surface area contributed by atoms with E-state index in [9.17, 15) is 122 Å². The van der Waals surface area contributed by atoms with Crippen LogP contribution in [0.3, 0.4) is 0 Å². The van der Waals surface area contributed by atoms with E-state index in [1.165, 1.54) is 35.7 Å². The molecular formula is C82H109Cl2N17O28. The molecule has 129 heavy (non-hydrogen) atoms. The lowest BCUT2D eigenvalue weighted by Gasteiger charge is -2.41. The highest BCUT2D eigenvalue weighted by molar-refractivity contribution is 6.35. The lowest BCUT2D eigenvalue weighted by molar-refractivity contribution is -0.140. The summed E-state index contributed by atoms with van der Waals surface area (Å²) in [7, 11) is 1.47. The smallest absolute Gasteiger partial charge is 0.317 e. The number of amides is 11. The van der Waals surface area contributed by atoms with Gasteiger partial charge in [-0.1, -0.05) is 35.3 Å². The Morgan fingerprint density at radius 1 is 0.496 bits per heavy atom. The Hall–Kier alpha value is -12.7. The molecular weight excluding hydrogens is 1740 g/mol. The van der Waals surface area contributed by atoms with Gasteiger partial charge >= 0.3 is 41.8 Å². The first kappa shape index (κ1) is 103. The SMILES string of the molecule is COc1cc2c(cc1-c1cccc(NC(=O)CCC(=O)NCCCC[C@@H](NC(=O)[C@@H](C)NC(=O)CN3CCN(CC(=O)O)CCN(CC(=O)O)CCN(CC(=O)O)CC3)C(=O)N[C@H](CCC(=O)O)C(=O)N[C@H](CCC(=O)O)C(=O)N[C@H](CCC(=O)O)C(=O)N[C@H](CCC(=O)O)C(=O)N[C@H](C)C(N)=O)c1)-c1c(c(C(=O)N3CCOCC3(C)C)nn1-c1cc(Cl)cc(Cl)c1)CO2. The average Bonchev–Trinajstić information content (AvgIpc) is 1.60. The van der Waals surface area contributed by atoms with E-state index in [1.54, 1.807) is 69.1 Å². The highest BCUT2D eigenvalue weighted by Crippen LogP contribution is 2.47. The van der Waals surface area contributed by atoms with Gasteiger partial charge in [-0.05, 0) is 115 Å². The first-order valence-electron chi connectivity index (χ1n) is 41.3. The molecule has 2 fully saturated rings. The summed E-state index contributed by atoms with van der Waals surface area (Å²) in [6.07, 6.45) is -7.37. The van der Waals surface area contributed by atoms with Crippen molar-refractivity contribution in [3.63, 3.8) is 0 Å². The minimum Gasteiger partial charge on any atom is -0.496 e. The predicted octanol–water partition coefficient (Wildman–Crippen LogP) is -0.476. The lowest BCUT2D eigenvalue weighted by Crippen LogP contribution is -2.60. The van der Waals surface area contributed by atoms with Crippen molar-refractivity contribution in [2.75, 3.05) is 117 Å². The number of hydrogen-bond acceptors (Lipinski definition) is 26. The maximum Gasteiger partial charge on any atom is 0.317 e. The third-order valence-corrected chi connectivity index (χ3v) is 21.5. The second-order valence-corrected chi connectivity index (χ2v) is 32.5. The number of carboxylic acid groups (broad SMARTS) is 7. The number of nitrogens with zero attached hydrogens (tertiary/aromatic N) is 7. The lowest BCUT2D eigenvalue weighted by atomic mass is 9.95. The Morgan fingerprint density at radius 3 is 1.40 bits per heavy atom. The number of rotatable bonds is 47. The number of carbonyl (C=O) groups is 18. The summed E-state index contributed by atoms with van der Waals surface area (Å²) in [5.74, 6) is -19.6. The number of morpholine rings is 1. The molecule has 11 amide bonds. The second-order valence-electron chi connectivity index (χ2n) is 31.6. The summed E-state index contributed by atoms with van der Waals surface area (Å²) in [4.78, 5) is 243. The number of carboxylic acids is 7. The van der Waals surface area contributed by atoms with Crippen molar-refractivity contribution in [1.29, 1.82) is 0 Å². The summed E-state index contributed by atoms with van der Waals surface area (Å²) in [5.41, 5.74) is 8.10. The Balaban J connectivity index is 1.08. The van der Waals surface area contributed by atoms with Crippen LogP contribution >= 0.6 is 23.2 Å². The molecule has 4 heterocycles. The molecule has 3 aliphatic rings. The van der Waals surface area contributed by atoms with Crippen LogP contribution in [0.5, 0.6) is 11.5 Å². The van der Waals surface area contributed by atoms with Crippen LogP contribution in [0.4, 0.5) is 5.69 Å². The summed E-state index contributed by atoms with van der Waals surface area (Å²) < 4.78 is 19.5. The molecule has 0 spiro atoms. The van der Waals surface area contributed by atoms with E-state index in [-0.39, 0.29) is 109 Å². The van der Waals surface area contributed by atoms with Crippen molar-refractivity contribution in [2.45, 2.75) is 166 Å². The summed E-state index contributed by atoms with van der Waals surface area (Å²) in [6, 6.07) is 2.84. The number of benzene rings is 3. The van der Waals surface area contributed by atoms with Crippen LogP contribution < -0.4 is 63.1 Å². The van der Waals surface area contributed by atoms with E-state index in [4.69, 9.17) is 48.2 Å². The Kier molecular flexibility index (Phi) is 39.7. The molecule has 47 heteroatoms. The number of fused-ring (bicyclic) bond motifs is 3. The zero-order valence-corrected chi connectivity index (χ0v) is 73.1. The Bertz CT molecular complexity index is 4750. The topological polar surface area (TPSA) is 645 Å². The maximum atomic E-state index is 14.7. The molecule has 0 aliphatic carbocycles. The van der Waals surface area contributed by atoms with E-state index in [0.29, 0.717) is 80.6 Å². The number of carbonyl (C=O) groups excluding carboxylic acids is 11. The maximum absolute atomic E-state index is 14.7. The molecule has 4 aromatic rings.